The maximum Gasteiger partial charge on any atom is 0.422 e. The largest absolute Gasteiger partial charge is 0.468 e. The molecular formula is C16H22F3N3O2. The summed E-state index contributed by atoms with van der Waals surface area (Å²) in [4.78, 5) is 20.4. The molecule has 1 aromatic heterocycles. The Kier molecular flexibility index (Phi) is 6.04. The van der Waals surface area contributed by atoms with Crippen LogP contribution in [-0.2, 0) is 0 Å². The zero-order chi connectivity index (χ0) is 17.7. The molecule has 1 aliphatic rings. The number of nitrogens with zero attached hydrogens (tertiary/aromatic N) is 3. The Labute approximate surface area is 139 Å². The molecule has 1 fully saturated rings. The summed E-state index contributed by atoms with van der Waals surface area (Å²) in [6.45, 7) is -0.0483. The number of amides is 1. The van der Waals surface area contributed by atoms with E-state index in [0.29, 0.717) is 6.54 Å². The highest BCUT2D eigenvalue weighted by Gasteiger charge is 2.30. The van der Waals surface area contributed by atoms with E-state index in [1.54, 1.807) is 4.90 Å². The number of halogens is 3. The van der Waals surface area contributed by atoms with Crippen LogP contribution in [0.1, 0.15) is 29.8 Å². The SMILES string of the molecule is CN(C)CC1CCCCN1C(=O)c1cccc(OCC(F)(F)F)n1. The molecule has 1 aromatic rings. The molecule has 5 nitrogen and oxygen atoms in total. The average Bonchev–Trinajstić information content (AvgIpc) is 2.52. The summed E-state index contributed by atoms with van der Waals surface area (Å²) in [6.07, 6.45) is -1.55. The first-order chi connectivity index (χ1) is 11.3. The molecule has 2 rings (SSSR count). The Morgan fingerprint density at radius 1 is 1.38 bits per heavy atom. The second kappa shape index (κ2) is 7.83. The van der Waals surface area contributed by atoms with Gasteiger partial charge in [0.2, 0.25) is 5.88 Å². The molecule has 0 spiro atoms. The molecule has 0 N–H and O–H groups in total. The molecule has 0 aromatic carbocycles. The van der Waals surface area contributed by atoms with Crippen LogP contribution >= 0.6 is 0 Å². The van der Waals surface area contributed by atoms with Crippen molar-refractivity contribution in [2.75, 3.05) is 33.8 Å². The van der Waals surface area contributed by atoms with E-state index in [9.17, 15) is 18.0 Å². The second-order valence-corrected chi connectivity index (χ2v) is 6.18. The van der Waals surface area contributed by atoms with Crippen LogP contribution in [0.25, 0.3) is 0 Å². The normalized spacial score (nSPS) is 18.8. The molecule has 1 atom stereocenters. The van der Waals surface area contributed by atoms with Crippen molar-refractivity contribution < 1.29 is 22.7 Å². The number of alkyl halides is 3. The van der Waals surface area contributed by atoms with Crippen LogP contribution in [0, 0.1) is 0 Å². The lowest BCUT2D eigenvalue weighted by Crippen LogP contribution is -2.48. The van der Waals surface area contributed by atoms with Crippen LogP contribution in [0.3, 0.4) is 0 Å². The lowest BCUT2D eigenvalue weighted by molar-refractivity contribution is -0.154. The number of aromatic nitrogens is 1. The predicted molar refractivity (Wildman–Crippen MR) is 83.0 cm³/mol. The number of likely N-dealkylation sites (tertiary alicyclic amines) is 1. The Morgan fingerprint density at radius 2 is 2.12 bits per heavy atom. The minimum Gasteiger partial charge on any atom is -0.468 e. The molecule has 1 unspecified atom stereocenters. The first-order valence-corrected chi connectivity index (χ1v) is 7.88. The molecule has 0 saturated carbocycles. The van der Waals surface area contributed by atoms with E-state index in [1.165, 1.54) is 18.2 Å². The Morgan fingerprint density at radius 3 is 2.79 bits per heavy atom. The molecule has 0 radical (unpaired) electrons. The van der Waals surface area contributed by atoms with E-state index < -0.39 is 12.8 Å². The summed E-state index contributed by atoms with van der Waals surface area (Å²) in [5, 5.41) is 0. The van der Waals surface area contributed by atoms with Gasteiger partial charge in [-0.15, -0.1) is 0 Å². The lowest BCUT2D eigenvalue weighted by Gasteiger charge is -2.37. The molecule has 8 heteroatoms. The first-order valence-electron chi connectivity index (χ1n) is 7.88. The Balaban J connectivity index is 2.10. The molecule has 24 heavy (non-hydrogen) atoms. The van der Waals surface area contributed by atoms with Crippen molar-refractivity contribution in [2.45, 2.75) is 31.5 Å². The number of carbonyl (C=O) groups excluding carboxylic acids is 1. The summed E-state index contributed by atoms with van der Waals surface area (Å²) in [7, 11) is 3.89. The van der Waals surface area contributed by atoms with E-state index in [-0.39, 0.29) is 23.5 Å². The predicted octanol–water partition coefficient (Wildman–Crippen LogP) is 2.58. The fourth-order valence-electron chi connectivity index (χ4n) is 2.80. The topological polar surface area (TPSA) is 45.7 Å². The summed E-state index contributed by atoms with van der Waals surface area (Å²) in [5.41, 5.74) is 0.111. The van der Waals surface area contributed by atoms with Gasteiger partial charge in [-0.25, -0.2) is 4.98 Å². The third-order valence-electron chi connectivity index (χ3n) is 3.79. The third-order valence-corrected chi connectivity index (χ3v) is 3.79. The summed E-state index contributed by atoms with van der Waals surface area (Å²) in [5.74, 6) is -0.460. The van der Waals surface area contributed by atoms with Crippen LogP contribution in [0.2, 0.25) is 0 Å². The van der Waals surface area contributed by atoms with Crippen molar-refractivity contribution in [1.82, 2.24) is 14.8 Å². The highest BCUT2D eigenvalue weighted by atomic mass is 19.4. The molecule has 134 valence electrons. The van der Waals surface area contributed by atoms with E-state index >= 15 is 0 Å². The van der Waals surface area contributed by atoms with Gasteiger partial charge in [0.1, 0.15) is 5.69 Å². The minimum absolute atomic E-state index is 0.0859. The van der Waals surface area contributed by atoms with Crippen LogP contribution in [-0.4, -0.2) is 66.7 Å². The second-order valence-electron chi connectivity index (χ2n) is 6.18. The molecule has 0 bridgehead atoms. The maximum absolute atomic E-state index is 12.7. The Hall–Kier alpha value is -1.83. The third kappa shape index (κ3) is 5.36. The highest BCUT2D eigenvalue weighted by Crippen LogP contribution is 2.21. The van der Waals surface area contributed by atoms with E-state index in [2.05, 4.69) is 9.72 Å². The van der Waals surface area contributed by atoms with Crippen molar-refractivity contribution in [3.05, 3.63) is 23.9 Å². The van der Waals surface area contributed by atoms with Crippen LogP contribution in [0.15, 0.2) is 18.2 Å². The van der Waals surface area contributed by atoms with Crippen LogP contribution in [0.4, 0.5) is 13.2 Å². The summed E-state index contributed by atoms with van der Waals surface area (Å²) >= 11 is 0. The van der Waals surface area contributed by atoms with Gasteiger partial charge in [-0.1, -0.05) is 6.07 Å². The van der Waals surface area contributed by atoms with Crippen LogP contribution < -0.4 is 4.74 Å². The zero-order valence-electron chi connectivity index (χ0n) is 13.8. The summed E-state index contributed by atoms with van der Waals surface area (Å²) < 4.78 is 41.3. The van der Waals surface area contributed by atoms with Crippen molar-refractivity contribution in [3.8, 4) is 5.88 Å². The molecule has 2 heterocycles. The quantitative estimate of drug-likeness (QED) is 0.823. The van der Waals surface area contributed by atoms with Gasteiger partial charge in [0.25, 0.3) is 5.91 Å². The van der Waals surface area contributed by atoms with Gasteiger partial charge in [0.05, 0.1) is 0 Å². The van der Waals surface area contributed by atoms with Gasteiger partial charge in [-0.3, -0.25) is 4.79 Å². The van der Waals surface area contributed by atoms with Crippen LogP contribution in [0.5, 0.6) is 5.88 Å². The number of hydrogen-bond donors (Lipinski definition) is 0. The summed E-state index contributed by atoms with van der Waals surface area (Å²) in [6, 6.07) is 4.39. The van der Waals surface area contributed by atoms with E-state index in [0.717, 1.165) is 25.8 Å². The van der Waals surface area contributed by atoms with Gasteiger partial charge in [0, 0.05) is 25.2 Å². The molecule has 1 amide bonds. The minimum atomic E-state index is -4.44. The number of hydrogen-bond acceptors (Lipinski definition) is 4. The van der Waals surface area contributed by atoms with Crippen molar-refractivity contribution in [1.29, 1.82) is 0 Å². The molecule has 0 aliphatic carbocycles. The molecule has 1 saturated heterocycles. The number of likely N-dealkylation sites (N-methyl/N-ethyl adjacent to an activating group) is 1. The van der Waals surface area contributed by atoms with Gasteiger partial charge in [-0.05, 0) is 39.4 Å². The standard InChI is InChI=1S/C16H22F3N3O2/c1-21(2)10-12-6-3-4-9-22(12)15(23)13-7-5-8-14(20-13)24-11-16(17,18)19/h5,7-8,12H,3-4,6,9-11H2,1-2H3. The van der Waals surface area contributed by atoms with E-state index in [1.807, 2.05) is 19.0 Å². The number of ether oxygens (including phenoxy) is 1. The molecule has 1 aliphatic heterocycles. The number of rotatable bonds is 5. The molecular weight excluding hydrogens is 323 g/mol. The van der Waals surface area contributed by atoms with Gasteiger partial charge in [-0.2, -0.15) is 13.2 Å². The lowest BCUT2D eigenvalue weighted by atomic mass is 10.0. The van der Waals surface area contributed by atoms with Crippen molar-refractivity contribution >= 4 is 5.91 Å². The highest BCUT2D eigenvalue weighted by molar-refractivity contribution is 5.92. The number of piperidine rings is 1. The monoisotopic (exact) mass is 345 g/mol. The van der Waals surface area contributed by atoms with Gasteiger partial charge < -0.3 is 14.5 Å². The van der Waals surface area contributed by atoms with Gasteiger partial charge >= 0.3 is 6.18 Å². The fraction of sp³-hybridized carbons (Fsp3) is 0.625. The van der Waals surface area contributed by atoms with Crippen molar-refractivity contribution in [2.24, 2.45) is 0 Å². The maximum atomic E-state index is 12.7. The number of pyridine rings is 1. The fourth-order valence-corrected chi connectivity index (χ4v) is 2.80. The average molecular weight is 345 g/mol. The van der Waals surface area contributed by atoms with E-state index in [4.69, 9.17) is 0 Å². The number of carbonyl (C=O) groups is 1. The van der Waals surface area contributed by atoms with Crippen molar-refractivity contribution in [3.63, 3.8) is 0 Å². The zero-order valence-corrected chi connectivity index (χ0v) is 13.8. The smallest absolute Gasteiger partial charge is 0.422 e. The first kappa shape index (κ1) is 18.5. The Bertz CT molecular complexity index is 564. The van der Waals surface area contributed by atoms with Gasteiger partial charge in [0.15, 0.2) is 6.61 Å².